The van der Waals surface area contributed by atoms with Crippen LogP contribution in [0.4, 0.5) is 9.59 Å². The summed E-state index contributed by atoms with van der Waals surface area (Å²) in [5.74, 6) is -0.533. The van der Waals surface area contributed by atoms with E-state index in [0.29, 0.717) is 11.5 Å². The number of ether oxygens (including phenoxy) is 2. The predicted octanol–water partition coefficient (Wildman–Crippen LogP) is 3.14. The summed E-state index contributed by atoms with van der Waals surface area (Å²) >= 11 is 0. The fourth-order valence-electron chi connectivity index (χ4n) is 2.44. The summed E-state index contributed by atoms with van der Waals surface area (Å²) in [6.07, 6.45) is -1.54. The van der Waals surface area contributed by atoms with Gasteiger partial charge in [0.05, 0.1) is 6.04 Å². The van der Waals surface area contributed by atoms with Crippen LogP contribution in [-0.4, -0.2) is 46.8 Å². The van der Waals surface area contributed by atoms with Crippen molar-refractivity contribution in [2.75, 3.05) is 6.54 Å². The summed E-state index contributed by atoms with van der Waals surface area (Å²) in [6, 6.07) is 15.0. The molecule has 2 aromatic carbocycles. The van der Waals surface area contributed by atoms with Crippen LogP contribution < -0.4 is 14.8 Å². The number of hydrogen-bond acceptors (Lipinski definition) is 5. The molecule has 2 atom stereocenters. The maximum Gasteiger partial charge on any atom is 0.416 e. The van der Waals surface area contributed by atoms with E-state index in [4.69, 9.17) is 9.47 Å². The number of hydrogen-bond donors (Lipinski definition) is 2. The molecule has 2 unspecified atom stereocenters. The Kier molecular flexibility index (Phi) is 7.38. The van der Waals surface area contributed by atoms with Crippen molar-refractivity contribution in [2.24, 2.45) is 0 Å². The number of carboxylic acids is 1. The van der Waals surface area contributed by atoms with Gasteiger partial charge in [0, 0.05) is 6.54 Å². The minimum Gasteiger partial charge on any atom is -0.480 e. The molecule has 8 heteroatoms. The number of rotatable bonds is 7. The van der Waals surface area contributed by atoms with Crippen LogP contribution in [0.3, 0.4) is 0 Å². The van der Waals surface area contributed by atoms with E-state index in [0.717, 1.165) is 4.90 Å². The van der Waals surface area contributed by atoms with Gasteiger partial charge in [-0.1, -0.05) is 36.4 Å². The molecule has 0 aromatic heterocycles. The fraction of sp³-hybridized carbons (Fsp3) is 0.250. The largest absolute Gasteiger partial charge is 0.480 e. The van der Waals surface area contributed by atoms with Crippen molar-refractivity contribution in [3.8, 4) is 11.5 Å². The molecule has 2 aromatic rings. The molecular formula is C20H22N2O6. The Morgan fingerprint density at radius 2 is 1.43 bits per heavy atom. The second-order valence-electron chi connectivity index (χ2n) is 6.03. The molecule has 28 heavy (non-hydrogen) atoms. The first-order chi connectivity index (χ1) is 13.4. The van der Waals surface area contributed by atoms with E-state index in [9.17, 15) is 19.5 Å². The van der Waals surface area contributed by atoms with Gasteiger partial charge < -0.3 is 19.9 Å². The van der Waals surface area contributed by atoms with Crippen molar-refractivity contribution in [1.82, 2.24) is 10.2 Å². The van der Waals surface area contributed by atoms with Gasteiger partial charge in [0.1, 0.15) is 17.5 Å². The summed E-state index contributed by atoms with van der Waals surface area (Å²) in [4.78, 5) is 36.9. The quantitative estimate of drug-likeness (QED) is 0.757. The second-order valence-corrected chi connectivity index (χ2v) is 6.03. The Morgan fingerprint density at radius 1 is 0.929 bits per heavy atom. The minimum atomic E-state index is -1.19. The van der Waals surface area contributed by atoms with Crippen LogP contribution in [0.2, 0.25) is 0 Å². The summed E-state index contributed by atoms with van der Waals surface area (Å²) < 4.78 is 10.4. The van der Waals surface area contributed by atoms with Crippen LogP contribution in [0.5, 0.6) is 11.5 Å². The van der Waals surface area contributed by atoms with E-state index < -0.39 is 30.2 Å². The van der Waals surface area contributed by atoms with Gasteiger partial charge in [0.2, 0.25) is 0 Å². The maximum atomic E-state index is 12.5. The molecule has 0 saturated carbocycles. The lowest BCUT2D eigenvalue weighted by Gasteiger charge is -2.31. The number of carbonyl (C=O) groups is 3. The molecule has 0 saturated heterocycles. The third kappa shape index (κ3) is 6.01. The van der Waals surface area contributed by atoms with E-state index in [1.54, 1.807) is 67.6 Å². The SMILES string of the molecule is CC(CNC(=O)Oc1ccccc1)N(C(=O)Oc1ccccc1)C(C)C(=O)O. The number of amides is 2. The Morgan fingerprint density at radius 3 is 1.93 bits per heavy atom. The lowest BCUT2D eigenvalue weighted by Crippen LogP contribution is -2.53. The van der Waals surface area contributed by atoms with Crippen LogP contribution in [0.25, 0.3) is 0 Å². The van der Waals surface area contributed by atoms with Gasteiger partial charge in [0.15, 0.2) is 0 Å². The number of aliphatic carboxylic acids is 1. The van der Waals surface area contributed by atoms with Gasteiger partial charge in [-0.25, -0.2) is 14.4 Å². The predicted molar refractivity (Wildman–Crippen MR) is 101 cm³/mol. The zero-order valence-electron chi connectivity index (χ0n) is 15.6. The summed E-state index contributed by atoms with van der Waals surface area (Å²) in [5, 5.41) is 11.8. The van der Waals surface area contributed by atoms with Crippen molar-refractivity contribution in [1.29, 1.82) is 0 Å². The van der Waals surface area contributed by atoms with Crippen LogP contribution in [0.15, 0.2) is 60.7 Å². The van der Waals surface area contributed by atoms with Gasteiger partial charge in [0.25, 0.3) is 0 Å². The first kappa shape index (κ1) is 20.8. The van der Waals surface area contributed by atoms with E-state index in [1.165, 1.54) is 6.92 Å². The molecule has 2 amide bonds. The number of para-hydroxylation sites is 2. The minimum absolute atomic E-state index is 0.0207. The molecular weight excluding hydrogens is 364 g/mol. The highest BCUT2D eigenvalue weighted by Crippen LogP contribution is 2.14. The molecule has 0 fully saturated rings. The number of benzene rings is 2. The average Bonchev–Trinajstić information content (AvgIpc) is 2.68. The number of nitrogens with zero attached hydrogens (tertiary/aromatic N) is 1. The molecule has 0 spiro atoms. The molecule has 148 valence electrons. The van der Waals surface area contributed by atoms with Gasteiger partial charge in [-0.2, -0.15) is 0 Å². The van der Waals surface area contributed by atoms with Crippen molar-refractivity contribution < 1.29 is 29.0 Å². The lowest BCUT2D eigenvalue weighted by atomic mass is 10.2. The molecule has 0 heterocycles. The van der Waals surface area contributed by atoms with Gasteiger partial charge in [-0.05, 0) is 38.1 Å². The van der Waals surface area contributed by atoms with E-state index in [1.807, 2.05) is 0 Å². The Hall–Kier alpha value is -3.55. The van der Waals surface area contributed by atoms with Gasteiger partial charge in [-0.15, -0.1) is 0 Å². The fourth-order valence-corrected chi connectivity index (χ4v) is 2.44. The molecule has 8 nitrogen and oxygen atoms in total. The first-order valence-corrected chi connectivity index (χ1v) is 8.67. The Bertz CT molecular complexity index is 797. The van der Waals surface area contributed by atoms with Crippen molar-refractivity contribution in [3.63, 3.8) is 0 Å². The number of carbonyl (C=O) groups excluding carboxylic acids is 2. The smallest absolute Gasteiger partial charge is 0.416 e. The molecule has 2 N–H and O–H groups in total. The highest BCUT2D eigenvalue weighted by molar-refractivity contribution is 5.81. The van der Waals surface area contributed by atoms with Crippen LogP contribution >= 0.6 is 0 Å². The maximum absolute atomic E-state index is 12.5. The molecule has 0 aliphatic rings. The zero-order valence-corrected chi connectivity index (χ0v) is 15.6. The van der Waals surface area contributed by atoms with Crippen LogP contribution in [-0.2, 0) is 4.79 Å². The van der Waals surface area contributed by atoms with E-state index >= 15 is 0 Å². The summed E-state index contributed by atoms with van der Waals surface area (Å²) in [7, 11) is 0. The molecule has 0 bridgehead atoms. The van der Waals surface area contributed by atoms with Gasteiger partial charge >= 0.3 is 18.2 Å². The van der Waals surface area contributed by atoms with Crippen molar-refractivity contribution in [3.05, 3.63) is 60.7 Å². The molecule has 0 aliphatic heterocycles. The zero-order chi connectivity index (χ0) is 20.5. The van der Waals surface area contributed by atoms with Crippen molar-refractivity contribution in [2.45, 2.75) is 25.9 Å². The standard InChI is InChI=1S/C20H22N2O6/c1-14(13-21-19(25)27-16-9-5-3-6-10-16)22(15(2)18(23)24)20(26)28-17-11-7-4-8-12-17/h3-12,14-15H,13H2,1-2H3,(H,21,25)(H,23,24). The summed E-state index contributed by atoms with van der Waals surface area (Å²) in [5.41, 5.74) is 0. The van der Waals surface area contributed by atoms with E-state index in [2.05, 4.69) is 5.32 Å². The van der Waals surface area contributed by atoms with E-state index in [-0.39, 0.29) is 6.54 Å². The Labute approximate surface area is 162 Å². The number of carboxylic acid groups (broad SMARTS) is 1. The number of nitrogens with one attached hydrogen (secondary N) is 1. The summed E-state index contributed by atoms with van der Waals surface area (Å²) in [6.45, 7) is 2.95. The third-order valence-electron chi connectivity index (χ3n) is 3.90. The molecule has 2 rings (SSSR count). The molecule has 0 radical (unpaired) electrons. The highest BCUT2D eigenvalue weighted by Gasteiger charge is 2.32. The first-order valence-electron chi connectivity index (χ1n) is 8.67. The monoisotopic (exact) mass is 386 g/mol. The highest BCUT2D eigenvalue weighted by atomic mass is 16.6. The van der Waals surface area contributed by atoms with Crippen LogP contribution in [0.1, 0.15) is 13.8 Å². The third-order valence-corrected chi connectivity index (χ3v) is 3.90. The van der Waals surface area contributed by atoms with Crippen LogP contribution in [0, 0.1) is 0 Å². The van der Waals surface area contributed by atoms with Gasteiger partial charge in [-0.3, -0.25) is 4.90 Å². The topological polar surface area (TPSA) is 105 Å². The normalized spacial score (nSPS) is 12.4. The van der Waals surface area contributed by atoms with Crippen molar-refractivity contribution >= 4 is 18.2 Å². The molecule has 0 aliphatic carbocycles. The lowest BCUT2D eigenvalue weighted by molar-refractivity contribution is -0.142. The second kappa shape index (κ2) is 9.96. The average molecular weight is 386 g/mol. The Balaban J connectivity index is 2.00.